The van der Waals surface area contributed by atoms with E-state index in [0.717, 1.165) is 0 Å². The molecule has 2 amide bonds. The third kappa shape index (κ3) is 4.52. The van der Waals surface area contributed by atoms with E-state index in [-0.39, 0.29) is 16.5 Å². The van der Waals surface area contributed by atoms with E-state index in [1.54, 1.807) is 24.3 Å². The van der Waals surface area contributed by atoms with Crippen molar-refractivity contribution in [2.75, 3.05) is 32.2 Å². The zero-order valence-corrected chi connectivity index (χ0v) is 15.7. The first-order chi connectivity index (χ1) is 13.5. The van der Waals surface area contributed by atoms with Crippen LogP contribution in [0.4, 0.5) is 5.69 Å². The van der Waals surface area contributed by atoms with Crippen molar-refractivity contribution in [3.63, 3.8) is 0 Å². The molecule has 28 heavy (non-hydrogen) atoms. The fraction of sp³-hybridized carbons (Fsp3) is 0.211. The van der Waals surface area contributed by atoms with Crippen LogP contribution in [-0.2, 0) is 9.53 Å². The zero-order valence-electron chi connectivity index (χ0n) is 14.9. The molecule has 2 aromatic rings. The summed E-state index contributed by atoms with van der Waals surface area (Å²) in [4.78, 5) is 35.7. The molecule has 0 fully saturated rings. The number of hydrogen-bond acceptors (Lipinski definition) is 6. The maximum atomic E-state index is 12.2. The lowest BCUT2D eigenvalue weighted by Crippen LogP contribution is -2.21. The molecule has 146 valence electrons. The average molecular weight is 405 g/mol. The van der Waals surface area contributed by atoms with E-state index in [4.69, 9.17) is 25.8 Å². The number of fused-ring (bicyclic) bond motifs is 1. The van der Waals surface area contributed by atoms with Crippen molar-refractivity contribution in [3.8, 4) is 11.5 Å². The number of benzene rings is 2. The lowest BCUT2D eigenvalue weighted by molar-refractivity contribution is -0.119. The molecular weight excluding hydrogens is 388 g/mol. The molecular formula is C19H17ClN2O6. The molecule has 0 aromatic heterocycles. The van der Waals surface area contributed by atoms with Gasteiger partial charge < -0.3 is 24.8 Å². The van der Waals surface area contributed by atoms with Gasteiger partial charge in [0, 0.05) is 18.3 Å². The van der Waals surface area contributed by atoms with Crippen LogP contribution >= 0.6 is 11.6 Å². The summed E-state index contributed by atoms with van der Waals surface area (Å²) in [6.07, 6.45) is 0. The highest BCUT2D eigenvalue weighted by Gasteiger charge is 2.20. The first-order valence-electron chi connectivity index (χ1n) is 8.36. The predicted octanol–water partition coefficient (Wildman–Crippen LogP) is 2.27. The lowest BCUT2D eigenvalue weighted by Gasteiger charge is -2.19. The minimum atomic E-state index is -0.719. The predicted molar refractivity (Wildman–Crippen MR) is 101 cm³/mol. The van der Waals surface area contributed by atoms with E-state index < -0.39 is 18.5 Å². The minimum Gasteiger partial charge on any atom is -0.486 e. The first kappa shape index (κ1) is 19.5. The first-order valence-corrected chi connectivity index (χ1v) is 8.74. The molecule has 1 heterocycles. The molecule has 8 nitrogen and oxygen atoms in total. The van der Waals surface area contributed by atoms with Gasteiger partial charge in [0.1, 0.15) is 13.2 Å². The molecule has 0 atom stereocenters. The molecule has 1 aliphatic rings. The van der Waals surface area contributed by atoms with E-state index in [1.807, 2.05) is 0 Å². The fourth-order valence-electron chi connectivity index (χ4n) is 2.49. The SMILES string of the molecule is CNC(=O)c1ccc(NC(=O)COC(=O)c2cc(Cl)c3c(c2)OCCO3)cc1. The number of esters is 1. The van der Waals surface area contributed by atoms with E-state index in [2.05, 4.69) is 10.6 Å². The van der Waals surface area contributed by atoms with E-state index >= 15 is 0 Å². The van der Waals surface area contributed by atoms with Crippen molar-refractivity contribution in [3.05, 3.63) is 52.5 Å². The highest BCUT2D eigenvalue weighted by molar-refractivity contribution is 6.32. The van der Waals surface area contributed by atoms with Gasteiger partial charge in [-0.05, 0) is 36.4 Å². The van der Waals surface area contributed by atoms with Crippen LogP contribution in [0.3, 0.4) is 0 Å². The Morgan fingerprint density at radius 1 is 1.07 bits per heavy atom. The van der Waals surface area contributed by atoms with Crippen LogP contribution in [0.15, 0.2) is 36.4 Å². The molecule has 0 saturated carbocycles. The summed E-state index contributed by atoms with van der Waals surface area (Å²) < 4.78 is 15.8. The van der Waals surface area contributed by atoms with Gasteiger partial charge in [-0.2, -0.15) is 0 Å². The maximum Gasteiger partial charge on any atom is 0.338 e. The van der Waals surface area contributed by atoms with Crippen LogP contribution in [0.25, 0.3) is 0 Å². The largest absolute Gasteiger partial charge is 0.486 e. The molecule has 2 aromatic carbocycles. The number of hydrogen-bond donors (Lipinski definition) is 2. The highest BCUT2D eigenvalue weighted by atomic mass is 35.5. The molecule has 0 bridgehead atoms. The van der Waals surface area contributed by atoms with Crippen LogP contribution in [-0.4, -0.2) is 44.7 Å². The summed E-state index contributed by atoms with van der Waals surface area (Å²) >= 11 is 6.09. The lowest BCUT2D eigenvalue weighted by atomic mass is 10.2. The maximum absolute atomic E-state index is 12.2. The number of carbonyl (C=O) groups is 3. The number of rotatable bonds is 5. The Labute approximate surface area is 165 Å². The Balaban J connectivity index is 1.56. The molecule has 0 saturated heterocycles. The minimum absolute atomic E-state index is 0.150. The van der Waals surface area contributed by atoms with Crippen LogP contribution in [0, 0.1) is 0 Å². The second-order valence-electron chi connectivity index (χ2n) is 5.76. The van der Waals surface area contributed by atoms with Crippen LogP contribution < -0.4 is 20.1 Å². The summed E-state index contributed by atoms with van der Waals surface area (Å²) in [6.45, 7) is 0.242. The zero-order chi connectivity index (χ0) is 20.1. The number of anilines is 1. The van der Waals surface area contributed by atoms with Gasteiger partial charge >= 0.3 is 5.97 Å². The summed E-state index contributed by atoms with van der Waals surface area (Å²) in [5.41, 5.74) is 1.08. The molecule has 0 aliphatic carbocycles. The second kappa shape index (κ2) is 8.62. The van der Waals surface area contributed by atoms with Crippen LogP contribution in [0.2, 0.25) is 5.02 Å². The summed E-state index contributed by atoms with van der Waals surface area (Å²) in [6, 6.07) is 9.13. The Hall–Kier alpha value is -3.26. The third-order valence-corrected chi connectivity index (χ3v) is 4.11. The smallest absolute Gasteiger partial charge is 0.338 e. The topological polar surface area (TPSA) is 103 Å². The van der Waals surface area contributed by atoms with E-state index in [1.165, 1.54) is 19.2 Å². The number of carbonyl (C=O) groups excluding carboxylic acids is 3. The standard InChI is InChI=1S/C19H17ClN2O6/c1-21-18(24)11-2-4-13(5-3-11)22-16(23)10-28-19(25)12-8-14(20)17-15(9-12)26-6-7-27-17/h2-5,8-9H,6-7,10H2,1H3,(H,21,24)(H,22,23). The van der Waals surface area contributed by atoms with Crippen molar-refractivity contribution < 1.29 is 28.6 Å². The number of nitrogens with one attached hydrogen (secondary N) is 2. The Kier molecular flexibility index (Phi) is 6.00. The average Bonchev–Trinajstić information content (AvgIpc) is 2.72. The summed E-state index contributed by atoms with van der Waals surface area (Å²) in [5, 5.41) is 5.31. The molecule has 1 aliphatic heterocycles. The molecule has 3 rings (SSSR count). The van der Waals surface area contributed by atoms with Gasteiger partial charge in [-0.1, -0.05) is 11.6 Å². The van der Waals surface area contributed by atoms with Crippen molar-refractivity contribution in [1.82, 2.24) is 5.32 Å². The number of ether oxygens (including phenoxy) is 3. The monoisotopic (exact) mass is 404 g/mol. The molecule has 9 heteroatoms. The second-order valence-corrected chi connectivity index (χ2v) is 6.17. The van der Waals surface area contributed by atoms with Gasteiger partial charge in [0.25, 0.3) is 11.8 Å². The highest BCUT2D eigenvalue weighted by Crippen LogP contribution is 2.38. The number of amides is 2. The van der Waals surface area contributed by atoms with Crippen molar-refractivity contribution in [2.24, 2.45) is 0 Å². The molecule has 0 radical (unpaired) electrons. The summed E-state index contributed by atoms with van der Waals surface area (Å²) in [7, 11) is 1.53. The van der Waals surface area contributed by atoms with Gasteiger partial charge in [0.05, 0.1) is 10.6 Å². The Morgan fingerprint density at radius 2 is 1.79 bits per heavy atom. The van der Waals surface area contributed by atoms with E-state index in [0.29, 0.717) is 36.0 Å². The van der Waals surface area contributed by atoms with Crippen LogP contribution in [0.5, 0.6) is 11.5 Å². The van der Waals surface area contributed by atoms with Crippen LogP contribution in [0.1, 0.15) is 20.7 Å². The third-order valence-electron chi connectivity index (χ3n) is 3.82. The van der Waals surface area contributed by atoms with Crippen molar-refractivity contribution in [2.45, 2.75) is 0 Å². The number of halogens is 1. The van der Waals surface area contributed by atoms with Gasteiger partial charge in [-0.25, -0.2) is 4.79 Å². The van der Waals surface area contributed by atoms with Crippen molar-refractivity contribution >= 4 is 35.1 Å². The van der Waals surface area contributed by atoms with Gasteiger partial charge in [-0.3, -0.25) is 9.59 Å². The fourth-order valence-corrected chi connectivity index (χ4v) is 2.75. The van der Waals surface area contributed by atoms with Crippen molar-refractivity contribution in [1.29, 1.82) is 0 Å². The quantitative estimate of drug-likeness (QED) is 0.741. The molecule has 0 spiro atoms. The van der Waals surface area contributed by atoms with Gasteiger partial charge in [0.2, 0.25) is 0 Å². The van der Waals surface area contributed by atoms with E-state index in [9.17, 15) is 14.4 Å². The van der Waals surface area contributed by atoms with Gasteiger partial charge in [-0.15, -0.1) is 0 Å². The molecule has 0 unspecified atom stereocenters. The Morgan fingerprint density at radius 3 is 2.50 bits per heavy atom. The normalized spacial score (nSPS) is 12.1. The summed E-state index contributed by atoms with van der Waals surface area (Å²) in [5.74, 6) is -0.743. The molecule has 2 N–H and O–H groups in total. The Bertz CT molecular complexity index is 913. The van der Waals surface area contributed by atoms with Gasteiger partial charge in [0.15, 0.2) is 18.1 Å².